The monoisotopic (exact) mass is 535 g/mol. The Kier molecular flexibility index (Phi) is 8.20. The topological polar surface area (TPSA) is 115 Å². The highest BCUT2D eigenvalue weighted by molar-refractivity contribution is 5.99. The zero-order valence-corrected chi connectivity index (χ0v) is 23.1. The van der Waals surface area contributed by atoms with E-state index in [1.807, 2.05) is 18.3 Å². The van der Waals surface area contributed by atoms with Gasteiger partial charge < -0.3 is 19.7 Å². The molecule has 11 nitrogen and oxygen atoms in total. The zero-order valence-electron chi connectivity index (χ0n) is 23.1. The maximum absolute atomic E-state index is 13.4. The molecule has 0 aromatic carbocycles. The summed E-state index contributed by atoms with van der Waals surface area (Å²) in [6.45, 7) is 7.61. The largest absolute Gasteiger partial charge is 0.368 e. The molecule has 2 fully saturated rings. The molecule has 3 aromatic heterocycles. The smallest absolute Gasteiger partial charge is 0.263 e. The number of anilines is 3. The third-order valence-electron chi connectivity index (χ3n) is 7.91. The highest BCUT2D eigenvalue weighted by Gasteiger charge is 2.26. The molecule has 39 heavy (non-hydrogen) atoms. The summed E-state index contributed by atoms with van der Waals surface area (Å²) < 4.78 is 12.4. The van der Waals surface area contributed by atoms with Gasteiger partial charge >= 0.3 is 0 Å². The first-order chi connectivity index (χ1) is 18.9. The fourth-order valence-corrected chi connectivity index (χ4v) is 5.72. The van der Waals surface area contributed by atoms with Crippen molar-refractivity contribution in [1.29, 1.82) is 0 Å². The molecule has 0 radical (unpaired) electrons. The predicted molar refractivity (Wildman–Crippen MR) is 150 cm³/mol. The van der Waals surface area contributed by atoms with E-state index in [1.165, 1.54) is 6.92 Å². The number of nitrogens with zero attached hydrogens (tertiary/aromatic N) is 6. The van der Waals surface area contributed by atoms with Gasteiger partial charge in [0.15, 0.2) is 12.1 Å². The van der Waals surface area contributed by atoms with E-state index in [9.17, 15) is 9.59 Å². The van der Waals surface area contributed by atoms with Crippen LogP contribution < -0.4 is 15.8 Å². The van der Waals surface area contributed by atoms with Crippen LogP contribution in [0.5, 0.6) is 0 Å². The second kappa shape index (κ2) is 11.8. The quantitative estimate of drug-likeness (QED) is 0.323. The molecule has 1 N–H and O–H groups in total. The minimum Gasteiger partial charge on any atom is -0.368 e. The van der Waals surface area contributed by atoms with Crippen LogP contribution in [0.1, 0.15) is 54.6 Å². The maximum Gasteiger partial charge on any atom is 0.263 e. The molecule has 1 aliphatic carbocycles. The molecule has 0 amide bonds. The van der Waals surface area contributed by atoms with Crippen molar-refractivity contribution < 1.29 is 14.3 Å². The van der Waals surface area contributed by atoms with Gasteiger partial charge in [-0.25, -0.2) is 9.97 Å². The highest BCUT2D eigenvalue weighted by Crippen LogP contribution is 2.32. The van der Waals surface area contributed by atoms with Crippen molar-refractivity contribution in [3.05, 3.63) is 46.0 Å². The lowest BCUT2D eigenvalue weighted by atomic mass is 10.0. The van der Waals surface area contributed by atoms with Crippen LogP contribution in [-0.2, 0) is 9.47 Å². The van der Waals surface area contributed by atoms with Crippen LogP contribution in [0.25, 0.3) is 11.0 Å². The van der Waals surface area contributed by atoms with Crippen molar-refractivity contribution >= 4 is 34.3 Å². The Morgan fingerprint density at radius 2 is 1.79 bits per heavy atom. The lowest BCUT2D eigenvalue weighted by Gasteiger charge is -2.36. The second-order valence-electron chi connectivity index (χ2n) is 10.3. The summed E-state index contributed by atoms with van der Waals surface area (Å²) in [5, 5.41) is 3.92. The molecule has 0 spiro atoms. The molecule has 1 saturated carbocycles. The Balaban J connectivity index is 1.34. The number of hydrogen-bond donors (Lipinski definition) is 1. The molecule has 2 aliphatic rings. The van der Waals surface area contributed by atoms with Gasteiger partial charge in [-0.2, -0.15) is 4.98 Å². The Bertz CT molecular complexity index is 1370. The van der Waals surface area contributed by atoms with E-state index < -0.39 is 0 Å². The Morgan fingerprint density at radius 3 is 2.41 bits per heavy atom. The van der Waals surface area contributed by atoms with Crippen LogP contribution in [0.15, 0.2) is 29.3 Å². The number of carbonyl (C=O) groups is 1. The van der Waals surface area contributed by atoms with Gasteiger partial charge in [-0.3, -0.25) is 19.1 Å². The van der Waals surface area contributed by atoms with Crippen LogP contribution in [0.3, 0.4) is 0 Å². The number of fused-ring (bicyclic) bond motifs is 1. The minimum atomic E-state index is -0.258. The first-order valence-electron chi connectivity index (χ1n) is 13.6. The molecule has 1 aliphatic heterocycles. The number of ketones is 1. The predicted octanol–water partition coefficient (Wildman–Crippen LogP) is 3.30. The molecule has 4 heterocycles. The van der Waals surface area contributed by atoms with Crippen LogP contribution in [0.2, 0.25) is 0 Å². The molecule has 3 aromatic rings. The third-order valence-corrected chi connectivity index (χ3v) is 7.91. The van der Waals surface area contributed by atoms with E-state index in [2.05, 4.69) is 25.1 Å². The fourth-order valence-electron chi connectivity index (χ4n) is 5.72. The van der Waals surface area contributed by atoms with Gasteiger partial charge in [0.2, 0.25) is 5.95 Å². The van der Waals surface area contributed by atoms with Crippen molar-refractivity contribution in [2.24, 2.45) is 0 Å². The van der Waals surface area contributed by atoms with E-state index in [4.69, 9.17) is 14.5 Å². The highest BCUT2D eigenvalue weighted by atomic mass is 16.7. The first kappa shape index (κ1) is 27.2. The van der Waals surface area contributed by atoms with Crippen molar-refractivity contribution in [3.8, 4) is 0 Å². The van der Waals surface area contributed by atoms with Crippen LogP contribution in [0, 0.1) is 6.92 Å². The maximum atomic E-state index is 13.4. The summed E-state index contributed by atoms with van der Waals surface area (Å²) in [7, 11) is 3.32. The van der Waals surface area contributed by atoms with E-state index in [0.29, 0.717) is 23.0 Å². The fraction of sp³-hybridized carbons (Fsp3) is 0.536. The minimum absolute atomic E-state index is 0.0363. The van der Waals surface area contributed by atoms with Gasteiger partial charge in [-0.15, -0.1) is 0 Å². The number of pyridine rings is 2. The standard InChI is InChI=1S/C28H37N7O4/c1-18-22-16-30-28(32-26(22)35(20-7-5-6-8-20)27(37)25(18)19(2)36)31-23-10-9-21(15-29-23)34-13-11-33(12-14-34)17-24(38-3)39-4/h9-10,15-16,20,24H,5-8,11-14,17H2,1-4H3,(H,29,30,31,32). The third kappa shape index (κ3) is 5.66. The zero-order chi connectivity index (χ0) is 27.5. The molecule has 0 bridgehead atoms. The van der Waals surface area contributed by atoms with Gasteiger partial charge in [-0.05, 0) is 44.4 Å². The number of aromatic nitrogens is 4. The number of nitrogens with one attached hydrogen (secondary N) is 1. The normalized spacial score (nSPS) is 16.9. The molecule has 11 heteroatoms. The molecular weight excluding hydrogens is 498 g/mol. The molecule has 208 valence electrons. The number of piperazine rings is 1. The average molecular weight is 536 g/mol. The summed E-state index contributed by atoms with van der Waals surface area (Å²) in [5.41, 5.74) is 2.22. The van der Waals surface area contributed by atoms with Gasteiger partial charge in [-0.1, -0.05) is 12.8 Å². The van der Waals surface area contributed by atoms with Gasteiger partial charge in [0, 0.05) is 64.6 Å². The summed E-state index contributed by atoms with van der Waals surface area (Å²) in [4.78, 5) is 44.2. The number of ether oxygens (including phenoxy) is 2. The summed E-state index contributed by atoms with van der Waals surface area (Å²) in [5.74, 6) is 0.753. The van der Waals surface area contributed by atoms with E-state index in [-0.39, 0.29) is 29.2 Å². The van der Waals surface area contributed by atoms with Gasteiger partial charge in [0.25, 0.3) is 5.56 Å². The van der Waals surface area contributed by atoms with Crippen molar-refractivity contribution in [2.45, 2.75) is 51.9 Å². The number of hydrogen-bond acceptors (Lipinski definition) is 10. The van der Waals surface area contributed by atoms with E-state index >= 15 is 0 Å². The molecule has 0 atom stereocenters. The molecular formula is C28H37N7O4. The molecule has 5 rings (SSSR count). The Labute approximate surface area is 228 Å². The number of carbonyl (C=O) groups excluding carboxylic acids is 1. The van der Waals surface area contributed by atoms with Gasteiger partial charge in [0.1, 0.15) is 11.5 Å². The first-order valence-corrected chi connectivity index (χ1v) is 13.6. The molecule has 0 unspecified atom stereocenters. The SMILES string of the molecule is COC(CN1CCN(c2ccc(Nc3ncc4c(C)c(C(C)=O)c(=O)n(C5CCCC5)c4n3)nc2)CC1)OC. The summed E-state index contributed by atoms with van der Waals surface area (Å²) in [6.07, 6.45) is 7.26. The number of aryl methyl sites for hydroxylation is 1. The average Bonchev–Trinajstić information content (AvgIpc) is 3.47. The van der Waals surface area contributed by atoms with Crippen molar-refractivity contribution in [2.75, 3.05) is 57.2 Å². The number of rotatable bonds is 9. The second-order valence-corrected chi connectivity index (χ2v) is 10.3. The van der Waals surface area contributed by atoms with Crippen molar-refractivity contribution in [1.82, 2.24) is 24.4 Å². The Hall–Kier alpha value is -3.41. The summed E-state index contributed by atoms with van der Waals surface area (Å²) in [6, 6.07) is 3.99. The number of Topliss-reactive ketones (excluding diaryl/α,β-unsaturated/α-hetero) is 1. The van der Waals surface area contributed by atoms with Gasteiger partial charge in [0.05, 0.1) is 17.4 Å². The Morgan fingerprint density at radius 1 is 1.08 bits per heavy atom. The van der Waals surface area contributed by atoms with Crippen LogP contribution in [0.4, 0.5) is 17.5 Å². The lowest BCUT2D eigenvalue weighted by molar-refractivity contribution is -0.116. The van der Waals surface area contributed by atoms with E-state index in [1.54, 1.807) is 31.9 Å². The molecule has 1 saturated heterocycles. The van der Waals surface area contributed by atoms with Crippen LogP contribution in [-0.4, -0.2) is 83.4 Å². The summed E-state index contributed by atoms with van der Waals surface area (Å²) >= 11 is 0. The van der Waals surface area contributed by atoms with E-state index in [0.717, 1.165) is 69.5 Å². The lowest BCUT2D eigenvalue weighted by Crippen LogP contribution is -2.49. The number of methoxy groups -OCH3 is 2. The van der Waals surface area contributed by atoms with Crippen LogP contribution >= 0.6 is 0 Å². The van der Waals surface area contributed by atoms with Crippen molar-refractivity contribution in [3.63, 3.8) is 0 Å².